The van der Waals surface area contributed by atoms with E-state index in [1.807, 2.05) is 0 Å². The molecule has 0 aliphatic carbocycles. The molecule has 1 amide bonds. The molecule has 1 N–H and O–H groups in total. The molecule has 146 valence electrons. The van der Waals surface area contributed by atoms with Crippen molar-refractivity contribution in [2.24, 2.45) is 0 Å². The number of ether oxygens (including phenoxy) is 1. The maximum atomic E-state index is 12.9. The Morgan fingerprint density at radius 2 is 1.81 bits per heavy atom. The number of rotatable bonds is 9. The summed E-state index contributed by atoms with van der Waals surface area (Å²) in [5.74, 6) is -0.0845. The number of para-hydroxylation sites is 2. The van der Waals surface area contributed by atoms with E-state index in [4.69, 9.17) is 4.74 Å². The fourth-order valence-corrected chi connectivity index (χ4v) is 3.54. The number of anilines is 1. The highest BCUT2D eigenvalue weighted by atomic mass is 32.2. The normalized spacial score (nSPS) is 11.1. The smallest absolute Gasteiger partial charge is 0.232 e. The molecule has 0 heterocycles. The van der Waals surface area contributed by atoms with E-state index in [2.05, 4.69) is 5.32 Å². The minimum Gasteiger partial charge on any atom is -0.495 e. The van der Waals surface area contributed by atoms with E-state index in [-0.39, 0.29) is 24.7 Å². The summed E-state index contributed by atoms with van der Waals surface area (Å²) in [5.41, 5.74) is 1.23. The number of benzene rings is 2. The zero-order chi connectivity index (χ0) is 19.9. The van der Waals surface area contributed by atoms with E-state index in [0.717, 1.165) is 11.8 Å². The van der Waals surface area contributed by atoms with Crippen LogP contribution in [-0.2, 0) is 21.4 Å². The Morgan fingerprint density at radius 1 is 1.15 bits per heavy atom. The highest BCUT2D eigenvalue weighted by Gasteiger charge is 2.20. The minimum absolute atomic E-state index is 0.156. The highest BCUT2D eigenvalue weighted by Crippen LogP contribution is 2.29. The van der Waals surface area contributed by atoms with Gasteiger partial charge in [0, 0.05) is 19.5 Å². The molecule has 8 heteroatoms. The molecule has 0 atom stereocenters. The molecule has 0 fully saturated rings. The molecule has 27 heavy (non-hydrogen) atoms. The Balaban J connectivity index is 1.92. The van der Waals surface area contributed by atoms with E-state index in [9.17, 15) is 17.6 Å². The third-order valence-corrected chi connectivity index (χ3v) is 5.10. The number of amides is 1. The van der Waals surface area contributed by atoms with Crippen LogP contribution in [0, 0.1) is 5.82 Å². The van der Waals surface area contributed by atoms with Crippen LogP contribution in [0.3, 0.4) is 0 Å². The molecule has 0 saturated heterocycles. The molecule has 0 bridgehead atoms. The Labute approximate surface area is 159 Å². The van der Waals surface area contributed by atoms with E-state index in [1.54, 1.807) is 36.4 Å². The number of carbonyl (C=O) groups excluding carboxylic acids is 1. The van der Waals surface area contributed by atoms with Gasteiger partial charge in [-0.3, -0.25) is 9.10 Å². The van der Waals surface area contributed by atoms with Gasteiger partial charge in [0.25, 0.3) is 0 Å². The van der Waals surface area contributed by atoms with E-state index in [0.29, 0.717) is 24.4 Å². The van der Waals surface area contributed by atoms with Crippen LogP contribution in [0.25, 0.3) is 0 Å². The summed E-state index contributed by atoms with van der Waals surface area (Å²) in [5, 5.41) is 2.74. The number of methoxy groups -OCH3 is 1. The first-order chi connectivity index (χ1) is 12.8. The average Bonchev–Trinajstić information content (AvgIpc) is 2.64. The van der Waals surface area contributed by atoms with Crippen molar-refractivity contribution in [3.8, 4) is 5.75 Å². The number of halogens is 1. The maximum Gasteiger partial charge on any atom is 0.232 e. The number of nitrogens with zero attached hydrogens (tertiary/aromatic N) is 1. The lowest BCUT2D eigenvalue weighted by atomic mass is 10.2. The van der Waals surface area contributed by atoms with Crippen LogP contribution in [0.2, 0.25) is 0 Å². The maximum absolute atomic E-state index is 12.9. The minimum atomic E-state index is -3.52. The zero-order valence-electron chi connectivity index (χ0n) is 15.3. The lowest BCUT2D eigenvalue weighted by molar-refractivity contribution is -0.121. The number of hydrogen-bond acceptors (Lipinski definition) is 4. The van der Waals surface area contributed by atoms with Crippen LogP contribution in [0.15, 0.2) is 48.5 Å². The summed E-state index contributed by atoms with van der Waals surface area (Å²) >= 11 is 0. The van der Waals surface area contributed by atoms with Crippen LogP contribution in [-0.4, -0.2) is 34.2 Å². The Hall–Kier alpha value is -2.61. The SMILES string of the molecule is COc1ccccc1N(CCCC(=O)NCc1ccc(F)cc1)S(C)(=O)=O. The topological polar surface area (TPSA) is 75.7 Å². The average molecular weight is 394 g/mol. The van der Waals surface area contributed by atoms with Crippen LogP contribution in [0.4, 0.5) is 10.1 Å². The van der Waals surface area contributed by atoms with Gasteiger partial charge in [-0.05, 0) is 36.2 Å². The molecule has 0 aliphatic heterocycles. The van der Waals surface area contributed by atoms with Crippen molar-refractivity contribution >= 4 is 21.6 Å². The Bertz CT molecular complexity index is 870. The molecule has 6 nitrogen and oxygen atoms in total. The largest absolute Gasteiger partial charge is 0.495 e. The monoisotopic (exact) mass is 394 g/mol. The van der Waals surface area contributed by atoms with Gasteiger partial charge >= 0.3 is 0 Å². The predicted molar refractivity (Wildman–Crippen MR) is 103 cm³/mol. The molecule has 2 rings (SSSR count). The van der Waals surface area contributed by atoms with Crippen molar-refractivity contribution < 1.29 is 22.3 Å². The van der Waals surface area contributed by atoms with E-state index in [1.165, 1.54) is 23.5 Å². The summed E-state index contributed by atoms with van der Waals surface area (Å²) in [6.45, 7) is 0.449. The third-order valence-electron chi connectivity index (χ3n) is 3.92. The molecular weight excluding hydrogens is 371 g/mol. The lowest BCUT2D eigenvalue weighted by Gasteiger charge is -2.24. The third kappa shape index (κ3) is 6.25. The van der Waals surface area contributed by atoms with Crippen LogP contribution in [0.1, 0.15) is 18.4 Å². The molecule has 0 radical (unpaired) electrons. The van der Waals surface area contributed by atoms with Gasteiger partial charge in [0.1, 0.15) is 11.6 Å². The quantitative estimate of drug-likeness (QED) is 0.710. The Morgan fingerprint density at radius 3 is 2.44 bits per heavy atom. The molecule has 2 aromatic carbocycles. The standard InChI is InChI=1S/C19H23FN2O4S/c1-26-18-7-4-3-6-17(18)22(27(2,24)25)13-5-8-19(23)21-14-15-9-11-16(20)12-10-15/h3-4,6-7,9-12H,5,8,13-14H2,1-2H3,(H,21,23). The van der Waals surface area contributed by atoms with Crippen LogP contribution in [0.5, 0.6) is 5.75 Å². The number of nitrogens with one attached hydrogen (secondary N) is 1. The van der Waals surface area contributed by atoms with Crippen molar-refractivity contribution in [2.75, 3.05) is 24.2 Å². The second kappa shape index (κ2) is 9.36. The van der Waals surface area contributed by atoms with Gasteiger partial charge in [0.05, 0.1) is 19.1 Å². The molecule has 0 unspecified atom stereocenters. The fraction of sp³-hybridized carbons (Fsp3) is 0.316. The number of hydrogen-bond donors (Lipinski definition) is 1. The summed E-state index contributed by atoms with van der Waals surface area (Å²) < 4.78 is 43.6. The first kappa shape index (κ1) is 20.7. The molecular formula is C19H23FN2O4S. The number of sulfonamides is 1. The molecule has 0 aromatic heterocycles. The first-order valence-corrected chi connectivity index (χ1v) is 10.3. The van der Waals surface area contributed by atoms with Gasteiger partial charge in [-0.25, -0.2) is 12.8 Å². The van der Waals surface area contributed by atoms with Crippen LogP contribution >= 0.6 is 0 Å². The highest BCUT2D eigenvalue weighted by molar-refractivity contribution is 7.92. The number of carbonyl (C=O) groups is 1. The summed E-state index contributed by atoms with van der Waals surface area (Å²) in [6, 6.07) is 12.7. The molecule has 0 spiro atoms. The lowest BCUT2D eigenvalue weighted by Crippen LogP contribution is -2.32. The Kier molecular flexibility index (Phi) is 7.18. The van der Waals surface area contributed by atoms with Gasteiger partial charge in [0.15, 0.2) is 0 Å². The van der Waals surface area contributed by atoms with E-state index >= 15 is 0 Å². The van der Waals surface area contributed by atoms with Crippen molar-refractivity contribution in [1.82, 2.24) is 5.32 Å². The van der Waals surface area contributed by atoms with Crippen LogP contribution < -0.4 is 14.4 Å². The van der Waals surface area contributed by atoms with Gasteiger partial charge in [0.2, 0.25) is 15.9 Å². The van der Waals surface area contributed by atoms with Crippen molar-refractivity contribution in [2.45, 2.75) is 19.4 Å². The second-order valence-electron chi connectivity index (χ2n) is 6.01. The van der Waals surface area contributed by atoms with Crippen molar-refractivity contribution in [3.63, 3.8) is 0 Å². The summed E-state index contributed by atoms with van der Waals surface area (Å²) in [6.07, 6.45) is 1.64. The molecule has 0 saturated carbocycles. The second-order valence-corrected chi connectivity index (χ2v) is 7.92. The van der Waals surface area contributed by atoms with Gasteiger partial charge in [-0.1, -0.05) is 24.3 Å². The fourth-order valence-electron chi connectivity index (χ4n) is 2.58. The zero-order valence-corrected chi connectivity index (χ0v) is 16.1. The predicted octanol–water partition coefficient (Wildman–Crippen LogP) is 2.70. The van der Waals surface area contributed by atoms with Crippen molar-refractivity contribution in [3.05, 3.63) is 59.9 Å². The molecule has 0 aliphatic rings. The first-order valence-electron chi connectivity index (χ1n) is 8.43. The van der Waals surface area contributed by atoms with Gasteiger partial charge < -0.3 is 10.1 Å². The summed E-state index contributed by atoms with van der Waals surface area (Å²) in [7, 11) is -2.05. The van der Waals surface area contributed by atoms with Gasteiger partial charge in [-0.2, -0.15) is 0 Å². The van der Waals surface area contributed by atoms with Gasteiger partial charge in [-0.15, -0.1) is 0 Å². The van der Waals surface area contributed by atoms with E-state index < -0.39 is 10.0 Å². The van der Waals surface area contributed by atoms with Crippen molar-refractivity contribution in [1.29, 1.82) is 0 Å². The summed E-state index contributed by atoms with van der Waals surface area (Å²) in [4.78, 5) is 12.0. The molecule has 2 aromatic rings.